The van der Waals surface area contributed by atoms with Crippen molar-refractivity contribution in [3.8, 4) is 0 Å². The molecule has 78 valence electrons. The van der Waals surface area contributed by atoms with Crippen LogP contribution in [0, 0.1) is 6.92 Å². The van der Waals surface area contributed by atoms with Crippen LogP contribution in [0.5, 0.6) is 0 Å². The van der Waals surface area contributed by atoms with Gasteiger partial charge < -0.3 is 0 Å². The molecule has 2 nitrogen and oxygen atoms in total. The van der Waals surface area contributed by atoms with E-state index in [9.17, 15) is 0 Å². The molecular formula is C12H20N2. The molecule has 2 rings (SSSR count). The van der Waals surface area contributed by atoms with Crippen molar-refractivity contribution in [2.75, 3.05) is 6.54 Å². The first-order valence-corrected chi connectivity index (χ1v) is 5.40. The van der Waals surface area contributed by atoms with Gasteiger partial charge in [-0.3, -0.25) is 10.9 Å². The molecule has 2 heteroatoms. The fraction of sp³-hybridized carbons (Fsp3) is 0.500. The van der Waals surface area contributed by atoms with Crippen molar-refractivity contribution in [1.29, 1.82) is 0 Å². The van der Waals surface area contributed by atoms with Crippen molar-refractivity contribution in [1.82, 2.24) is 10.9 Å². The minimum absolute atomic E-state index is 0.941. The topological polar surface area (TPSA) is 24.1 Å². The molecule has 0 spiro atoms. The van der Waals surface area contributed by atoms with Gasteiger partial charge in [0.1, 0.15) is 0 Å². The van der Waals surface area contributed by atoms with E-state index in [1.54, 1.807) is 0 Å². The Morgan fingerprint density at radius 1 is 1.07 bits per heavy atom. The van der Waals surface area contributed by atoms with E-state index in [2.05, 4.69) is 36.0 Å². The Bertz CT molecular complexity index is 282. The third-order valence-electron chi connectivity index (χ3n) is 2.28. The smallest absolute Gasteiger partial charge is 0.0353 e. The zero-order chi connectivity index (χ0) is 10.4. The van der Waals surface area contributed by atoms with Crippen LogP contribution < -0.4 is 10.9 Å². The molecule has 0 fully saturated rings. The summed E-state index contributed by atoms with van der Waals surface area (Å²) in [4.78, 5) is 0. The number of rotatable bonds is 0. The Balaban J connectivity index is 0.000000461. The first-order chi connectivity index (χ1) is 6.86. The van der Waals surface area contributed by atoms with Gasteiger partial charge in [0.25, 0.3) is 0 Å². The van der Waals surface area contributed by atoms with Crippen molar-refractivity contribution < 1.29 is 0 Å². The molecule has 0 aliphatic carbocycles. The Morgan fingerprint density at radius 2 is 1.86 bits per heavy atom. The lowest BCUT2D eigenvalue weighted by molar-refractivity contribution is 0.553. The van der Waals surface area contributed by atoms with E-state index in [1.807, 2.05) is 13.8 Å². The molecule has 1 aromatic rings. The Kier molecular flexibility index (Phi) is 4.63. The molecule has 1 aromatic carbocycles. The van der Waals surface area contributed by atoms with Gasteiger partial charge in [-0.1, -0.05) is 37.6 Å². The summed E-state index contributed by atoms with van der Waals surface area (Å²) in [5.41, 5.74) is 10.6. The predicted octanol–water partition coefficient (Wildman–Crippen LogP) is 2.17. The number of fused-ring (bicyclic) bond motifs is 1. The molecule has 0 unspecified atom stereocenters. The summed E-state index contributed by atoms with van der Waals surface area (Å²) in [6.45, 7) is 8.10. The molecule has 0 amide bonds. The van der Waals surface area contributed by atoms with Crippen LogP contribution in [0.25, 0.3) is 0 Å². The number of hydrogen-bond acceptors (Lipinski definition) is 2. The molecular weight excluding hydrogens is 172 g/mol. The third-order valence-corrected chi connectivity index (χ3v) is 2.28. The molecule has 1 aliphatic heterocycles. The van der Waals surface area contributed by atoms with E-state index >= 15 is 0 Å². The average Bonchev–Trinajstić information content (AvgIpc) is 2.45. The van der Waals surface area contributed by atoms with Crippen molar-refractivity contribution in [2.45, 2.75) is 33.7 Å². The van der Waals surface area contributed by atoms with Gasteiger partial charge in [0.15, 0.2) is 0 Å². The molecule has 14 heavy (non-hydrogen) atoms. The van der Waals surface area contributed by atoms with Crippen LogP contribution in [-0.4, -0.2) is 6.54 Å². The zero-order valence-corrected chi connectivity index (χ0v) is 9.35. The van der Waals surface area contributed by atoms with Crippen molar-refractivity contribution in [3.05, 3.63) is 34.9 Å². The molecule has 0 bridgehead atoms. The van der Waals surface area contributed by atoms with Gasteiger partial charge in [-0.2, -0.15) is 0 Å². The molecule has 0 radical (unpaired) electrons. The quantitative estimate of drug-likeness (QED) is 0.658. The summed E-state index contributed by atoms with van der Waals surface area (Å²) >= 11 is 0. The standard InChI is InChI=1S/C10H14N2.C2H6/c1-8-2-3-9-4-5-11-12-7-10(9)6-8;1-2/h2-3,6,11-12H,4-5,7H2,1H3;1-2H3. The predicted molar refractivity (Wildman–Crippen MR) is 61.1 cm³/mol. The highest BCUT2D eigenvalue weighted by atomic mass is 15.3. The van der Waals surface area contributed by atoms with Crippen LogP contribution >= 0.6 is 0 Å². The zero-order valence-electron chi connectivity index (χ0n) is 9.35. The summed E-state index contributed by atoms with van der Waals surface area (Å²) in [5, 5.41) is 0. The number of benzene rings is 1. The molecule has 1 aliphatic rings. The van der Waals surface area contributed by atoms with E-state index in [0.717, 1.165) is 19.5 Å². The third kappa shape index (κ3) is 2.82. The summed E-state index contributed by atoms with van der Waals surface area (Å²) in [6.07, 6.45) is 1.13. The number of aryl methyl sites for hydroxylation is 1. The Labute approximate surface area is 86.7 Å². The SMILES string of the molecule is CC.Cc1ccc2c(c1)CNNCC2. The molecule has 0 saturated heterocycles. The Morgan fingerprint density at radius 3 is 2.64 bits per heavy atom. The average molecular weight is 192 g/mol. The van der Waals surface area contributed by atoms with Gasteiger partial charge in [-0.15, -0.1) is 0 Å². The fourth-order valence-corrected chi connectivity index (χ4v) is 1.61. The first-order valence-electron chi connectivity index (χ1n) is 5.40. The molecule has 1 heterocycles. The monoisotopic (exact) mass is 192 g/mol. The highest BCUT2D eigenvalue weighted by Gasteiger charge is 2.05. The van der Waals surface area contributed by atoms with Crippen LogP contribution in [0.1, 0.15) is 30.5 Å². The first kappa shape index (κ1) is 11.2. The normalized spacial score (nSPS) is 14.8. The van der Waals surface area contributed by atoms with Gasteiger partial charge in [0.2, 0.25) is 0 Å². The number of hydrogen-bond donors (Lipinski definition) is 2. The number of hydrazine groups is 1. The van der Waals surface area contributed by atoms with Crippen molar-refractivity contribution >= 4 is 0 Å². The van der Waals surface area contributed by atoms with Crippen molar-refractivity contribution in [3.63, 3.8) is 0 Å². The Hall–Kier alpha value is -0.860. The lowest BCUT2D eigenvalue weighted by atomic mass is 10.0. The van der Waals surface area contributed by atoms with Crippen LogP contribution in [0.4, 0.5) is 0 Å². The second kappa shape index (κ2) is 5.78. The molecule has 2 N–H and O–H groups in total. The highest BCUT2D eigenvalue weighted by Crippen LogP contribution is 2.13. The molecule has 0 atom stereocenters. The highest BCUT2D eigenvalue weighted by molar-refractivity contribution is 5.32. The molecule has 0 saturated carbocycles. The maximum absolute atomic E-state index is 3.18. The van der Waals surface area contributed by atoms with E-state index in [4.69, 9.17) is 0 Å². The molecule has 0 aromatic heterocycles. The summed E-state index contributed by atoms with van der Waals surface area (Å²) in [5.74, 6) is 0. The second-order valence-electron chi connectivity index (χ2n) is 3.30. The van der Waals surface area contributed by atoms with Crippen LogP contribution in [0.3, 0.4) is 0 Å². The lowest BCUT2D eigenvalue weighted by Gasteiger charge is -2.04. The number of nitrogens with one attached hydrogen (secondary N) is 2. The van der Waals surface area contributed by atoms with Gasteiger partial charge in [0.05, 0.1) is 0 Å². The van der Waals surface area contributed by atoms with E-state index < -0.39 is 0 Å². The van der Waals surface area contributed by atoms with E-state index in [1.165, 1.54) is 16.7 Å². The lowest BCUT2D eigenvalue weighted by Crippen LogP contribution is -2.30. The van der Waals surface area contributed by atoms with Crippen LogP contribution in [0.15, 0.2) is 18.2 Å². The maximum Gasteiger partial charge on any atom is 0.0353 e. The maximum atomic E-state index is 3.18. The van der Waals surface area contributed by atoms with Gasteiger partial charge in [-0.25, -0.2) is 0 Å². The van der Waals surface area contributed by atoms with Crippen molar-refractivity contribution in [2.24, 2.45) is 0 Å². The minimum atomic E-state index is 0.941. The van der Waals surface area contributed by atoms with Gasteiger partial charge in [0, 0.05) is 13.1 Å². The fourth-order valence-electron chi connectivity index (χ4n) is 1.61. The van der Waals surface area contributed by atoms with Gasteiger partial charge >= 0.3 is 0 Å². The van der Waals surface area contributed by atoms with Gasteiger partial charge in [-0.05, 0) is 24.5 Å². The van der Waals surface area contributed by atoms with E-state index in [0.29, 0.717) is 0 Å². The minimum Gasteiger partial charge on any atom is -0.257 e. The van der Waals surface area contributed by atoms with Crippen LogP contribution in [0.2, 0.25) is 0 Å². The summed E-state index contributed by atoms with van der Waals surface area (Å²) in [7, 11) is 0. The summed E-state index contributed by atoms with van der Waals surface area (Å²) < 4.78 is 0. The second-order valence-corrected chi connectivity index (χ2v) is 3.30. The van der Waals surface area contributed by atoms with Crippen LogP contribution in [-0.2, 0) is 13.0 Å². The van der Waals surface area contributed by atoms with E-state index in [-0.39, 0.29) is 0 Å². The largest absolute Gasteiger partial charge is 0.257 e. The summed E-state index contributed by atoms with van der Waals surface area (Å²) in [6, 6.07) is 6.68.